The van der Waals surface area contributed by atoms with E-state index in [-0.39, 0.29) is 96.8 Å². The Hall–Kier alpha value is -9.54. The van der Waals surface area contributed by atoms with Crippen LogP contribution in [0.2, 0.25) is 10.0 Å². The second kappa shape index (κ2) is 30.9. The number of hydrogen-bond acceptors (Lipinski definition) is 23. The number of halogens is 2. The third-order valence-corrected chi connectivity index (χ3v) is 21.0. The van der Waals surface area contributed by atoms with Gasteiger partial charge in [-0.15, -0.1) is 0 Å². The highest BCUT2D eigenvalue weighted by Gasteiger charge is 2.51. The molecule has 31 nitrogen and oxygen atoms in total. The lowest BCUT2D eigenvalue weighted by atomic mass is 9.54. The molecule has 15 bridgehead atoms. The van der Waals surface area contributed by atoms with Gasteiger partial charge in [0.2, 0.25) is 59.3 Å². The number of phenols is 2. The summed E-state index contributed by atoms with van der Waals surface area (Å²) in [6, 6.07) is 1.31. The zero-order valence-electron chi connectivity index (χ0n) is 57.1. The molecule has 105 heavy (non-hydrogen) atoms. The molecule has 0 aromatic heterocycles. The van der Waals surface area contributed by atoms with Gasteiger partial charge in [-0.1, -0.05) is 55.2 Å². The van der Waals surface area contributed by atoms with Gasteiger partial charge in [0.05, 0.1) is 29.1 Å². The minimum absolute atomic E-state index is 0.0247. The van der Waals surface area contributed by atoms with Crippen molar-refractivity contribution in [3.05, 3.63) is 129 Å². The van der Waals surface area contributed by atoms with Crippen molar-refractivity contribution in [2.24, 2.45) is 35.3 Å². The molecule has 10 aliphatic rings. The predicted octanol–water partition coefficient (Wildman–Crippen LogP) is 2.09. The standard InChI is InChI=1S/C72H82Cl2N10O21/c1-27(2)12-42(77-5)65(94)83-57-59(89)32-7-10-46(40(73)19-32)102-48-21-36-22-49(64(48)105-72-63(93)62(92)61(91)50(26-85)104-72)103-47-11-8-33(20-41(47)74)60(90)58-71(100)82-56(69(98)79-53-34-14-29-13-30(16-34)17-35(53)15-29)39-23-37(101-28(3)76-4)24-45(87)52(39)38-18-31(6-9-44(38)86)54(67(96)84-58)81-68(97)55(36)80-66(95)43(25-51(75)88)78-70(57)99/h6-11,18-24,27,29-30,34-35,42-43,50,53-63,72,76-77,85-87,89-93H,3,12-17,25-26H2,1-2,4-5H3,(H2,75,88)(H,78,99)(H,79,98)(H,80,95)(H,81,97)(H,82,100)(H,83,94)(H,84,96)/t29?,30?,34?,35?,42-,43+,50?,53?,54-,55-,56+,57-,58+,59-,60-,61?,62?,63?,72?/m1/s1. The van der Waals surface area contributed by atoms with E-state index in [0.717, 1.165) is 68.5 Å². The molecule has 5 aromatic rings. The number of phenolic OH excluding ortho intramolecular Hbond substituents is 2. The van der Waals surface area contributed by atoms with Crippen LogP contribution in [0.15, 0.2) is 91.3 Å². The largest absolute Gasteiger partial charge is 0.507 e. The topological polar surface area (TPSA) is 479 Å². The highest BCUT2D eigenvalue weighted by Crippen LogP contribution is 2.55. The minimum atomic E-state index is -2.29. The Kier molecular flexibility index (Phi) is 22.1. The molecule has 19 N–H and O–H groups in total. The van der Waals surface area contributed by atoms with Crippen LogP contribution in [0.3, 0.4) is 0 Å². The molecule has 5 unspecified atom stereocenters. The number of ether oxygens (including phenoxy) is 5. The van der Waals surface area contributed by atoms with Crippen LogP contribution in [0.25, 0.3) is 11.1 Å². The number of rotatable bonds is 15. The van der Waals surface area contributed by atoms with Crippen LogP contribution in [0.5, 0.6) is 46.0 Å². The number of fused-ring (bicyclic) bond motifs is 15. The van der Waals surface area contributed by atoms with Crippen LogP contribution < -0.4 is 72.5 Å². The average molecular weight is 1490 g/mol. The van der Waals surface area contributed by atoms with E-state index < -0.39 is 180 Å². The number of carbonyl (C=O) groups is 8. The van der Waals surface area contributed by atoms with Gasteiger partial charge in [-0.2, -0.15) is 0 Å². The van der Waals surface area contributed by atoms with Crippen LogP contribution in [0, 0.1) is 29.6 Å². The zero-order chi connectivity index (χ0) is 75.3. The molecule has 14 atom stereocenters. The Morgan fingerprint density at radius 1 is 0.657 bits per heavy atom. The predicted molar refractivity (Wildman–Crippen MR) is 371 cm³/mol. The van der Waals surface area contributed by atoms with Crippen molar-refractivity contribution >= 4 is 70.5 Å². The third-order valence-electron chi connectivity index (χ3n) is 20.5. The fourth-order valence-electron chi connectivity index (χ4n) is 15.4. The number of benzene rings is 5. The molecule has 5 aromatic carbocycles. The van der Waals surface area contributed by atoms with E-state index >= 15 is 24.0 Å². The smallest absolute Gasteiger partial charge is 0.248 e. The number of hydrogen-bond donors (Lipinski definition) is 18. The number of aliphatic hydroxyl groups excluding tert-OH is 6. The Morgan fingerprint density at radius 2 is 1.26 bits per heavy atom. The monoisotopic (exact) mass is 1490 g/mol. The zero-order valence-corrected chi connectivity index (χ0v) is 58.6. The molecule has 6 heterocycles. The van der Waals surface area contributed by atoms with E-state index in [1.807, 2.05) is 13.8 Å². The van der Waals surface area contributed by atoms with Gasteiger partial charge < -0.3 is 118 Å². The normalized spacial score (nSPS) is 29.4. The van der Waals surface area contributed by atoms with Crippen molar-refractivity contribution in [1.82, 2.24) is 47.9 Å². The van der Waals surface area contributed by atoms with E-state index in [1.165, 1.54) is 56.6 Å². The molecular weight excluding hydrogens is 1410 g/mol. The number of amides is 8. The van der Waals surface area contributed by atoms with Crippen molar-refractivity contribution in [2.45, 2.75) is 150 Å². The number of carbonyl (C=O) groups excluding carboxylic acids is 8. The average Bonchev–Trinajstić information content (AvgIpc) is 0.760. The Morgan fingerprint density at radius 3 is 1.85 bits per heavy atom. The maximum Gasteiger partial charge on any atom is 0.248 e. The molecule has 5 fully saturated rings. The second-order valence-corrected chi connectivity index (χ2v) is 28.9. The molecule has 0 spiro atoms. The summed E-state index contributed by atoms with van der Waals surface area (Å²) in [6.07, 6.45) is -10.2. The van der Waals surface area contributed by atoms with Crippen molar-refractivity contribution in [1.29, 1.82) is 0 Å². The number of nitrogens with one attached hydrogen (secondary N) is 9. The summed E-state index contributed by atoms with van der Waals surface area (Å²) in [5, 5.41) is 117. The van der Waals surface area contributed by atoms with E-state index in [2.05, 4.69) is 54.4 Å². The van der Waals surface area contributed by atoms with Gasteiger partial charge in [0.15, 0.2) is 17.4 Å². The number of primary amides is 1. The van der Waals surface area contributed by atoms with Crippen LogP contribution in [0.1, 0.15) is 117 Å². The Balaban J connectivity index is 1.07. The molecule has 560 valence electrons. The van der Waals surface area contributed by atoms with Gasteiger partial charge in [0.25, 0.3) is 0 Å². The summed E-state index contributed by atoms with van der Waals surface area (Å²) in [5.74, 6) is -12.2. The Bertz CT molecular complexity index is 4250. The fourth-order valence-corrected chi connectivity index (χ4v) is 15.8. The molecule has 0 radical (unpaired) electrons. The summed E-state index contributed by atoms with van der Waals surface area (Å²) < 4.78 is 31.2. The van der Waals surface area contributed by atoms with Gasteiger partial charge in [-0.3, -0.25) is 38.4 Å². The molecular formula is C72H82Cl2N10O21. The van der Waals surface area contributed by atoms with Crippen molar-refractivity contribution < 1.29 is 103 Å². The summed E-state index contributed by atoms with van der Waals surface area (Å²) >= 11 is 14.1. The Labute approximate surface area is 610 Å². The highest BCUT2D eigenvalue weighted by atomic mass is 35.5. The van der Waals surface area contributed by atoms with E-state index in [4.69, 9.17) is 52.6 Å². The van der Waals surface area contributed by atoms with Crippen LogP contribution in [-0.4, -0.2) is 170 Å². The van der Waals surface area contributed by atoms with E-state index in [0.29, 0.717) is 11.8 Å². The van der Waals surface area contributed by atoms with E-state index in [1.54, 1.807) is 0 Å². The molecule has 4 aliphatic carbocycles. The molecule has 8 amide bonds. The van der Waals surface area contributed by atoms with Gasteiger partial charge in [0, 0.05) is 30.3 Å². The van der Waals surface area contributed by atoms with Gasteiger partial charge in [-0.05, 0) is 164 Å². The molecule has 1 saturated heterocycles. The van der Waals surface area contributed by atoms with Crippen molar-refractivity contribution in [3.8, 4) is 57.1 Å². The fraction of sp³-hybridized carbons (Fsp3) is 0.444. The number of nitrogens with two attached hydrogens (primary N) is 1. The number of likely N-dealkylation sites (N-methyl/N-ethyl adjacent to an activating group) is 1. The first-order valence-electron chi connectivity index (χ1n) is 34.3. The lowest BCUT2D eigenvalue weighted by Gasteiger charge is -2.54. The lowest BCUT2D eigenvalue weighted by Crippen LogP contribution is -2.60. The first kappa shape index (κ1) is 75.2. The van der Waals surface area contributed by atoms with Crippen LogP contribution in [-0.2, 0) is 43.1 Å². The maximum absolute atomic E-state index is 16.2. The van der Waals surface area contributed by atoms with Gasteiger partial charge in [0.1, 0.15) is 102 Å². The first-order valence-corrected chi connectivity index (χ1v) is 35.0. The van der Waals surface area contributed by atoms with E-state index in [9.17, 15) is 55.2 Å². The SMILES string of the molecule is C=C(NC)Oc1cc(O)c2c(c1)[C@@H](C(=O)NC1C3CC4CC(C3)CC1C4)NC(=O)[C@H]1NC(=O)[C@H](NC(=O)[C@@H]3NC(=O)[C@H](CC(N)=O)NC(=O)[C@H](NC(=O)[C@@H](CC(C)C)NC)[C@H](O)c4ccc(c(Cl)c4)Oc4cc3cc(c4OC3OC(CO)C(O)C(O)C3O)Oc3ccc(cc3Cl)[C@H]1O)c1ccc(O)c-2c1. The molecule has 6 aliphatic heterocycles. The summed E-state index contributed by atoms with van der Waals surface area (Å²) in [7, 11) is 3.00. The van der Waals surface area contributed by atoms with Crippen LogP contribution in [0.4, 0.5) is 0 Å². The molecule has 15 rings (SSSR count). The molecule has 33 heteroatoms. The molecule has 4 saturated carbocycles. The van der Waals surface area contributed by atoms with Gasteiger partial charge >= 0.3 is 0 Å². The minimum Gasteiger partial charge on any atom is -0.507 e. The third kappa shape index (κ3) is 15.6. The quantitative estimate of drug-likeness (QED) is 0.0667. The lowest BCUT2D eigenvalue weighted by molar-refractivity contribution is -0.277. The number of aromatic hydroxyl groups is 2. The first-order chi connectivity index (χ1) is 50.0. The summed E-state index contributed by atoms with van der Waals surface area (Å²) in [6.45, 7) is 6.57. The summed E-state index contributed by atoms with van der Waals surface area (Å²) in [4.78, 5) is 121. The number of aliphatic hydroxyl groups is 6. The van der Waals surface area contributed by atoms with Crippen molar-refractivity contribution in [3.63, 3.8) is 0 Å². The summed E-state index contributed by atoms with van der Waals surface area (Å²) in [5.41, 5.74) is 3.98. The van der Waals surface area contributed by atoms with Crippen molar-refractivity contribution in [2.75, 3.05) is 20.7 Å². The second-order valence-electron chi connectivity index (χ2n) is 28.1. The maximum atomic E-state index is 16.2. The van der Waals surface area contributed by atoms with Gasteiger partial charge in [-0.25, -0.2) is 0 Å². The van der Waals surface area contributed by atoms with Crippen LogP contribution >= 0.6 is 23.2 Å². The highest BCUT2D eigenvalue weighted by molar-refractivity contribution is 6.32.